The molecule has 3 aliphatic rings. The van der Waals surface area contributed by atoms with Gasteiger partial charge in [0, 0.05) is 49.2 Å². The lowest BCUT2D eigenvalue weighted by atomic mass is 10.1. The number of likely N-dealkylation sites (N-methyl/N-ethyl adjacent to an activating group) is 1. The Labute approximate surface area is 234 Å². The third-order valence-corrected chi connectivity index (χ3v) is 7.67. The normalized spacial score (nSPS) is 20.1. The van der Waals surface area contributed by atoms with Crippen LogP contribution in [0.5, 0.6) is 5.88 Å². The Morgan fingerprint density at radius 3 is 2.78 bits per heavy atom. The number of hydrogen-bond acceptors (Lipinski definition) is 9. The molecule has 4 amide bonds. The molecular weight excluding hydrogens is 526 g/mol. The van der Waals surface area contributed by atoms with Crippen molar-refractivity contribution in [2.75, 3.05) is 23.8 Å². The predicted octanol–water partition coefficient (Wildman–Crippen LogP) is 2.82. The number of ether oxygens (including phenoxy) is 1. The van der Waals surface area contributed by atoms with Crippen LogP contribution in [0.25, 0.3) is 5.65 Å². The van der Waals surface area contributed by atoms with E-state index in [9.17, 15) is 14.4 Å². The van der Waals surface area contributed by atoms with E-state index in [0.717, 1.165) is 29.0 Å². The monoisotopic (exact) mass is 553 g/mol. The highest BCUT2D eigenvalue weighted by molar-refractivity contribution is 6.13. The fourth-order valence-electron chi connectivity index (χ4n) is 5.13. The molecule has 1 saturated heterocycles. The number of imide groups is 1. The third-order valence-electron chi connectivity index (χ3n) is 7.67. The van der Waals surface area contributed by atoms with Crippen LogP contribution in [0.3, 0.4) is 0 Å². The number of urea groups is 1. The van der Waals surface area contributed by atoms with E-state index in [0.29, 0.717) is 40.9 Å². The summed E-state index contributed by atoms with van der Waals surface area (Å²) in [7, 11) is 1.48. The van der Waals surface area contributed by atoms with Crippen molar-refractivity contribution in [3.63, 3.8) is 0 Å². The van der Waals surface area contributed by atoms with Crippen LogP contribution in [-0.2, 0) is 16.2 Å². The molecule has 2 aliphatic carbocycles. The predicted molar refractivity (Wildman–Crippen MR) is 145 cm³/mol. The average molecular weight is 554 g/mol. The van der Waals surface area contributed by atoms with Gasteiger partial charge >= 0.3 is 6.03 Å². The van der Waals surface area contributed by atoms with Gasteiger partial charge in [-0.1, -0.05) is 0 Å². The van der Waals surface area contributed by atoms with Crippen LogP contribution >= 0.6 is 0 Å². The van der Waals surface area contributed by atoms with Crippen LogP contribution < -0.4 is 15.0 Å². The quantitative estimate of drug-likeness (QED) is 0.325. The highest BCUT2D eigenvalue weighted by Crippen LogP contribution is 2.46. The molecule has 2 unspecified atom stereocenters. The smallest absolute Gasteiger partial charge is 0.331 e. The van der Waals surface area contributed by atoms with Gasteiger partial charge in [-0.05, 0) is 49.8 Å². The first-order valence-electron chi connectivity index (χ1n) is 13.5. The molecule has 13 heteroatoms. The second-order valence-electron chi connectivity index (χ2n) is 10.8. The lowest BCUT2D eigenvalue weighted by Crippen LogP contribution is -2.30. The summed E-state index contributed by atoms with van der Waals surface area (Å²) in [6, 6.07) is 5.03. The number of nitrogens with one attached hydrogen (secondary N) is 1. The number of rotatable bonds is 8. The molecule has 208 valence electrons. The van der Waals surface area contributed by atoms with E-state index in [1.54, 1.807) is 12.3 Å². The van der Waals surface area contributed by atoms with E-state index in [1.165, 1.54) is 18.1 Å². The van der Waals surface area contributed by atoms with Crippen LogP contribution in [0.2, 0.25) is 0 Å². The molecule has 7 rings (SSSR count). The minimum Gasteiger partial charge on any atom is -0.470 e. The number of carbonyl (C=O) groups excluding carboxylic acids is 3. The standard InChI is InChI=1S/C28H27N9O4/c1-15-5-6-29-25(31-15)20-9-21(20)27(39)33-18-8-23(34-30-10-18)41-14-19-12-36-11-17(16-3-4-16)7-22(26(36)32-19)37-13-24(38)35(2)28(37)40/h5-8,10-12,16,20-21H,3-4,9,13-14H2,1-2H3,(H,33,34,39). The Hall–Kier alpha value is -4.94. The minimum atomic E-state index is -0.372. The number of pyridine rings is 1. The van der Waals surface area contributed by atoms with Gasteiger partial charge in [0.05, 0.1) is 23.3 Å². The van der Waals surface area contributed by atoms with Crippen molar-refractivity contribution < 1.29 is 19.1 Å². The highest BCUT2D eigenvalue weighted by atomic mass is 16.5. The van der Waals surface area contributed by atoms with Gasteiger partial charge in [0.2, 0.25) is 17.7 Å². The third kappa shape index (κ3) is 4.83. The van der Waals surface area contributed by atoms with E-state index in [2.05, 4.69) is 25.5 Å². The summed E-state index contributed by atoms with van der Waals surface area (Å²) in [5.74, 6) is 0.791. The van der Waals surface area contributed by atoms with Gasteiger partial charge in [-0.15, -0.1) is 5.10 Å². The first-order chi connectivity index (χ1) is 19.8. The topological polar surface area (TPSA) is 148 Å². The van der Waals surface area contributed by atoms with E-state index in [4.69, 9.17) is 9.72 Å². The van der Waals surface area contributed by atoms with Gasteiger partial charge in [0.15, 0.2) is 5.65 Å². The van der Waals surface area contributed by atoms with Crippen molar-refractivity contribution in [1.29, 1.82) is 0 Å². The number of carbonyl (C=O) groups is 3. The summed E-state index contributed by atoms with van der Waals surface area (Å²) in [4.78, 5) is 53.8. The molecule has 0 spiro atoms. The van der Waals surface area contributed by atoms with Gasteiger partial charge < -0.3 is 14.5 Å². The molecule has 41 heavy (non-hydrogen) atoms. The van der Waals surface area contributed by atoms with Crippen LogP contribution in [0.1, 0.15) is 53.9 Å². The molecule has 4 aromatic rings. The largest absolute Gasteiger partial charge is 0.470 e. The molecule has 1 N–H and O–H groups in total. The zero-order valence-corrected chi connectivity index (χ0v) is 22.5. The van der Waals surface area contributed by atoms with Crippen molar-refractivity contribution in [2.45, 2.75) is 44.6 Å². The van der Waals surface area contributed by atoms with E-state index >= 15 is 0 Å². The maximum Gasteiger partial charge on any atom is 0.331 e. The molecule has 0 radical (unpaired) electrons. The second kappa shape index (κ2) is 9.61. The van der Waals surface area contributed by atoms with Crippen molar-refractivity contribution in [3.05, 3.63) is 65.8 Å². The van der Waals surface area contributed by atoms with Gasteiger partial charge in [0.1, 0.15) is 19.0 Å². The summed E-state index contributed by atoms with van der Waals surface area (Å²) < 4.78 is 7.75. The Bertz CT molecular complexity index is 1720. The average Bonchev–Trinajstić information content (AvgIpc) is 3.89. The Morgan fingerprint density at radius 1 is 1.17 bits per heavy atom. The Kier molecular flexibility index (Phi) is 5.87. The summed E-state index contributed by atoms with van der Waals surface area (Å²) >= 11 is 0. The van der Waals surface area contributed by atoms with Crippen LogP contribution in [0.15, 0.2) is 43.0 Å². The van der Waals surface area contributed by atoms with Crippen LogP contribution in [0.4, 0.5) is 16.2 Å². The van der Waals surface area contributed by atoms with Crippen LogP contribution in [0, 0.1) is 12.8 Å². The van der Waals surface area contributed by atoms with Crippen molar-refractivity contribution in [2.24, 2.45) is 5.92 Å². The first kappa shape index (κ1) is 25.1. The van der Waals surface area contributed by atoms with Crippen molar-refractivity contribution in [3.8, 4) is 5.88 Å². The van der Waals surface area contributed by atoms with E-state index in [-0.39, 0.29) is 48.7 Å². The number of nitrogens with zero attached hydrogens (tertiary/aromatic N) is 8. The Balaban J connectivity index is 1.05. The zero-order chi connectivity index (χ0) is 28.2. The first-order valence-corrected chi connectivity index (χ1v) is 13.5. The van der Waals surface area contributed by atoms with Crippen LogP contribution in [-0.4, -0.2) is 65.9 Å². The number of imidazole rings is 1. The minimum absolute atomic E-state index is 0.00941. The van der Waals surface area contributed by atoms with Gasteiger partial charge in [-0.2, -0.15) is 5.10 Å². The number of aromatic nitrogens is 6. The van der Waals surface area contributed by atoms with E-state index < -0.39 is 0 Å². The molecule has 5 heterocycles. The van der Waals surface area contributed by atoms with Crippen molar-refractivity contribution in [1.82, 2.24) is 34.4 Å². The fraction of sp³-hybridized carbons (Fsp3) is 0.357. The number of anilines is 2. The molecule has 4 aromatic heterocycles. The molecule has 13 nitrogen and oxygen atoms in total. The molecule has 2 atom stereocenters. The lowest BCUT2D eigenvalue weighted by molar-refractivity contribution is -0.124. The molecule has 2 saturated carbocycles. The maximum atomic E-state index is 12.8. The Morgan fingerprint density at radius 2 is 2.02 bits per heavy atom. The summed E-state index contributed by atoms with van der Waals surface area (Å²) in [6.07, 6.45) is 9.92. The number of amides is 4. The van der Waals surface area contributed by atoms with E-state index in [1.807, 2.05) is 35.9 Å². The molecular formula is C28H27N9O4. The van der Waals surface area contributed by atoms with Gasteiger partial charge in [0.25, 0.3) is 0 Å². The lowest BCUT2D eigenvalue weighted by Gasteiger charge is -2.17. The molecule has 3 fully saturated rings. The maximum absolute atomic E-state index is 12.8. The van der Waals surface area contributed by atoms with Gasteiger partial charge in [-0.25, -0.2) is 19.7 Å². The second-order valence-corrected chi connectivity index (χ2v) is 10.8. The van der Waals surface area contributed by atoms with Gasteiger partial charge in [-0.3, -0.25) is 19.4 Å². The molecule has 0 aromatic carbocycles. The number of hydrogen-bond donors (Lipinski definition) is 1. The fourth-order valence-corrected chi connectivity index (χ4v) is 5.13. The summed E-state index contributed by atoms with van der Waals surface area (Å²) in [5, 5.41) is 10.9. The molecule has 1 aliphatic heterocycles. The zero-order valence-electron chi connectivity index (χ0n) is 22.5. The van der Waals surface area contributed by atoms with Crippen molar-refractivity contribution >= 4 is 34.9 Å². The summed E-state index contributed by atoms with van der Waals surface area (Å²) in [6.45, 7) is 1.97. The highest BCUT2D eigenvalue weighted by Gasteiger charge is 2.46. The number of aryl methyl sites for hydroxylation is 1. The molecule has 0 bridgehead atoms. The summed E-state index contributed by atoms with van der Waals surface area (Å²) in [5.41, 5.74) is 4.23. The SMILES string of the molecule is Cc1ccnc(C2CC2C(=O)Nc2cnnc(OCc3cn4cc(C5CC5)cc(N5CC(=O)N(C)C5=O)c4n3)c2)n1. The number of fused-ring (bicyclic) bond motifs is 1.